The van der Waals surface area contributed by atoms with Gasteiger partial charge in [0, 0.05) is 64.7 Å². The number of halogens is 1. The van der Waals surface area contributed by atoms with Crippen LogP contribution in [0.15, 0.2) is 99.3 Å². The molecule has 4 aromatic carbocycles. The molecular weight excluding hydrogens is 738 g/mol. The van der Waals surface area contributed by atoms with Crippen molar-refractivity contribution in [3.63, 3.8) is 0 Å². The Kier molecular flexibility index (Phi) is 9.06. The van der Waals surface area contributed by atoms with Gasteiger partial charge in [0.2, 0.25) is 0 Å². The Morgan fingerprint density at radius 1 is 0.808 bits per heavy atom. The summed E-state index contributed by atoms with van der Waals surface area (Å²) in [7, 11) is 0. The molecule has 5 aromatic rings. The molecule has 1 fully saturated rings. The Labute approximate surface area is 302 Å². The van der Waals surface area contributed by atoms with Crippen LogP contribution in [0.4, 0.5) is 22.7 Å². The van der Waals surface area contributed by atoms with Crippen molar-refractivity contribution in [3.05, 3.63) is 147 Å². The summed E-state index contributed by atoms with van der Waals surface area (Å²) in [6.45, 7) is 0.758. The lowest BCUT2D eigenvalue weighted by Crippen LogP contribution is -2.31. The quantitative estimate of drug-likeness (QED) is 0.122. The van der Waals surface area contributed by atoms with E-state index in [1.807, 2.05) is 36.4 Å². The van der Waals surface area contributed by atoms with Crippen LogP contribution in [0.5, 0.6) is 0 Å². The number of rotatable bonds is 8. The van der Waals surface area contributed by atoms with Crippen molar-refractivity contribution in [3.8, 4) is 11.1 Å². The van der Waals surface area contributed by atoms with Crippen molar-refractivity contribution in [1.82, 2.24) is 9.99 Å². The minimum absolute atomic E-state index is 0.0780. The molecule has 262 valence electrons. The molecule has 2 aliphatic rings. The van der Waals surface area contributed by atoms with Gasteiger partial charge in [-0.25, -0.2) is 5.01 Å². The van der Waals surface area contributed by atoms with Gasteiger partial charge in [-0.1, -0.05) is 58.4 Å². The molecule has 0 saturated carbocycles. The molecule has 15 nitrogen and oxygen atoms in total. The summed E-state index contributed by atoms with van der Waals surface area (Å²) in [5.41, 5.74) is -0.119. The van der Waals surface area contributed by atoms with Gasteiger partial charge in [-0.15, -0.1) is 0 Å². The van der Waals surface area contributed by atoms with Gasteiger partial charge in [-0.2, -0.15) is 5.10 Å². The van der Waals surface area contributed by atoms with Gasteiger partial charge in [-0.05, 0) is 48.6 Å². The number of carbonyl (C=O) groups is 1. The van der Waals surface area contributed by atoms with Crippen LogP contribution in [-0.4, -0.2) is 49.5 Å². The van der Waals surface area contributed by atoms with Gasteiger partial charge in [0.25, 0.3) is 28.5 Å². The number of fused-ring (bicyclic) bond motifs is 1. The molecule has 7 rings (SSSR count). The average molecular weight is 767 g/mol. The van der Waals surface area contributed by atoms with Crippen molar-refractivity contribution in [1.29, 1.82) is 0 Å². The smallest absolute Gasteiger partial charge is 0.300 e. The third-order valence-electron chi connectivity index (χ3n) is 9.29. The fourth-order valence-electron chi connectivity index (χ4n) is 6.98. The van der Waals surface area contributed by atoms with E-state index < -0.39 is 43.7 Å². The Bertz CT molecular complexity index is 2360. The second kappa shape index (κ2) is 13.8. The highest BCUT2D eigenvalue weighted by molar-refractivity contribution is 9.10. The minimum Gasteiger partial charge on any atom is -0.360 e. The highest BCUT2D eigenvalue weighted by Gasteiger charge is 2.39. The first-order valence-electron chi connectivity index (χ1n) is 16.3. The van der Waals surface area contributed by atoms with Gasteiger partial charge in [0.05, 0.1) is 37.7 Å². The van der Waals surface area contributed by atoms with Gasteiger partial charge >= 0.3 is 0 Å². The van der Waals surface area contributed by atoms with Crippen LogP contribution in [0.25, 0.3) is 22.0 Å². The third-order valence-corrected chi connectivity index (χ3v) is 9.79. The number of non-ortho nitro benzene ring substituents is 1. The lowest BCUT2D eigenvalue weighted by atomic mass is 9.91. The van der Waals surface area contributed by atoms with Crippen LogP contribution in [0, 0.1) is 30.3 Å². The van der Waals surface area contributed by atoms with E-state index in [9.17, 15) is 39.9 Å². The molecule has 3 heterocycles. The van der Waals surface area contributed by atoms with Crippen LogP contribution in [0.3, 0.4) is 0 Å². The van der Waals surface area contributed by atoms with E-state index in [0.29, 0.717) is 53.5 Å². The van der Waals surface area contributed by atoms with Crippen LogP contribution in [0.2, 0.25) is 0 Å². The van der Waals surface area contributed by atoms with E-state index in [1.165, 1.54) is 18.2 Å². The highest BCUT2D eigenvalue weighted by Crippen LogP contribution is 2.43. The molecule has 1 saturated heterocycles. The number of hydrogen-bond donors (Lipinski definition) is 1. The lowest BCUT2D eigenvalue weighted by molar-refractivity contribution is -0.392. The van der Waals surface area contributed by atoms with Crippen LogP contribution < -0.4 is 10.5 Å². The number of hydrazone groups is 1. The summed E-state index contributed by atoms with van der Waals surface area (Å²) < 4.78 is 0.742. The number of H-pyrrole nitrogens is 1. The second-order valence-corrected chi connectivity index (χ2v) is 13.4. The SMILES string of the molecule is O=C(c1cc([N+](=O)[O-])c(N2CCCCC2)c([N+](=O)[O-])c1)N1N=C(c2c(-c3ccccc3)c3cc(Br)ccc3[nH]c2=O)C[C@H]1c1cccc([N+](=O)[O-])c1. The molecule has 2 aliphatic heterocycles. The zero-order valence-electron chi connectivity index (χ0n) is 27.2. The van der Waals surface area contributed by atoms with Gasteiger partial charge < -0.3 is 9.88 Å². The van der Waals surface area contributed by atoms with E-state index in [0.717, 1.165) is 28.0 Å². The standard InChI is InChI=1S/C36H28BrN7O8/c37-24-12-13-27-26(19-24)32(21-8-3-1-4-9-21)33(35(45)38-27)28-20-29(22-10-7-11-25(16-22)42(47)48)41(39-28)36(46)23-17-30(43(49)50)34(31(18-23)44(51)52)40-14-5-2-6-15-40/h1,3-4,7-13,16-19,29H,2,5-6,14-15,20H2,(H,38,45)/t29-/m0/s1. The molecule has 0 bridgehead atoms. The number of nitrogens with one attached hydrogen (secondary N) is 1. The maximum absolute atomic E-state index is 14.5. The Hall–Kier alpha value is -6.29. The maximum Gasteiger partial charge on any atom is 0.300 e. The predicted molar refractivity (Wildman–Crippen MR) is 197 cm³/mol. The van der Waals surface area contributed by atoms with E-state index in [-0.39, 0.29) is 34.6 Å². The Morgan fingerprint density at radius 3 is 2.15 bits per heavy atom. The monoisotopic (exact) mass is 765 g/mol. The second-order valence-electron chi connectivity index (χ2n) is 12.5. The number of nitro benzene ring substituents is 3. The maximum atomic E-state index is 14.5. The lowest BCUT2D eigenvalue weighted by Gasteiger charge is -2.28. The molecule has 16 heteroatoms. The van der Waals surface area contributed by atoms with Gasteiger partial charge in [-0.3, -0.25) is 39.9 Å². The molecule has 1 N–H and O–H groups in total. The molecule has 1 amide bonds. The number of hydrogen-bond acceptors (Lipinski definition) is 10. The number of carbonyl (C=O) groups excluding carboxylic acids is 1. The number of aromatic amines is 1. The first-order valence-corrected chi connectivity index (χ1v) is 17.1. The van der Waals surface area contributed by atoms with Crippen molar-refractivity contribution in [2.45, 2.75) is 31.7 Å². The molecular formula is C36H28BrN7O8. The number of anilines is 1. The third kappa shape index (κ3) is 6.28. The molecule has 0 unspecified atom stereocenters. The van der Waals surface area contributed by atoms with E-state index in [1.54, 1.807) is 23.1 Å². The molecule has 1 aromatic heterocycles. The number of nitrogens with zero attached hydrogens (tertiary/aromatic N) is 6. The summed E-state index contributed by atoms with van der Waals surface area (Å²) in [5.74, 6) is -0.927. The van der Waals surface area contributed by atoms with Crippen LogP contribution >= 0.6 is 15.9 Å². The first kappa shape index (κ1) is 34.2. The van der Waals surface area contributed by atoms with Crippen molar-refractivity contribution >= 4 is 61.2 Å². The largest absolute Gasteiger partial charge is 0.360 e. The fraction of sp³-hybridized carbons (Fsp3) is 0.194. The zero-order valence-corrected chi connectivity index (χ0v) is 28.8. The van der Waals surface area contributed by atoms with Gasteiger partial charge in [0.15, 0.2) is 5.69 Å². The summed E-state index contributed by atoms with van der Waals surface area (Å²) in [5, 5.41) is 42.9. The van der Waals surface area contributed by atoms with E-state index in [4.69, 9.17) is 0 Å². The van der Waals surface area contributed by atoms with E-state index in [2.05, 4.69) is 26.0 Å². The minimum atomic E-state index is -1.02. The Balaban J connectivity index is 1.44. The first-order chi connectivity index (χ1) is 25.0. The van der Waals surface area contributed by atoms with E-state index >= 15 is 0 Å². The number of amides is 1. The van der Waals surface area contributed by atoms with Gasteiger partial charge in [0.1, 0.15) is 0 Å². The normalized spacial score (nSPS) is 15.8. The average Bonchev–Trinajstić information content (AvgIpc) is 3.59. The number of piperidine rings is 1. The highest BCUT2D eigenvalue weighted by atomic mass is 79.9. The summed E-state index contributed by atoms with van der Waals surface area (Å²) in [6, 6.07) is 21.1. The summed E-state index contributed by atoms with van der Waals surface area (Å²) in [4.78, 5) is 67.4. The predicted octanol–water partition coefficient (Wildman–Crippen LogP) is 7.66. The number of nitro groups is 3. The molecule has 0 radical (unpaired) electrons. The number of benzene rings is 4. The topological polar surface area (TPSA) is 198 Å². The number of aromatic nitrogens is 1. The molecule has 1 atom stereocenters. The molecule has 0 aliphatic carbocycles. The van der Waals surface area contributed by atoms with Crippen molar-refractivity contribution in [2.75, 3.05) is 18.0 Å². The van der Waals surface area contributed by atoms with Crippen LogP contribution in [0.1, 0.15) is 53.2 Å². The molecule has 0 spiro atoms. The van der Waals surface area contributed by atoms with Crippen molar-refractivity contribution in [2.24, 2.45) is 5.10 Å². The Morgan fingerprint density at radius 2 is 1.50 bits per heavy atom. The number of pyridine rings is 1. The summed E-state index contributed by atoms with van der Waals surface area (Å²) in [6.07, 6.45) is 2.19. The summed E-state index contributed by atoms with van der Waals surface area (Å²) >= 11 is 3.51. The van der Waals surface area contributed by atoms with Crippen LogP contribution in [-0.2, 0) is 0 Å². The fourth-order valence-corrected chi connectivity index (χ4v) is 7.34. The molecule has 52 heavy (non-hydrogen) atoms. The van der Waals surface area contributed by atoms with Crippen molar-refractivity contribution < 1.29 is 19.6 Å². The zero-order chi connectivity index (χ0) is 36.7.